The van der Waals surface area contributed by atoms with E-state index in [4.69, 9.17) is 9.47 Å². The summed E-state index contributed by atoms with van der Waals surface area (Å²) < 4.78 is 10.4. The maximum atomic E-state index is 12.1. The zero-order valence-electron chi connectivity index (χ0n) is 12.5. The molecule has 0 aromatic carbocycles. The molecule has 0 amide bonds. The van der Waals surface area contributed by atoms with Crippen molar-refractivity contribution < 1.29 is 14.3 Å². The van der Waals surface area contributed by atoms with E-state index in [0.717, 1.165) is 0 Å². The number of pyridine rings is 1. The normalized spacial score (nSPS) is 11.0. The number of nitrogens with zero attached hydrogens (tertiary/aromatic N) is 1. The molecule has 0 spiro atoms. The van der Waals surface area contributed by atoms with Gasteiger partial charge in [-0.05, 0) is 32.9 Å². The smallest absolute Gasteiger partial charge is 0.338 e. The van der Waals surface area contributed by atoms with Gasteiger partial charge in [0, 0.05) is 13.7 Å². The maximum absolute atomic E-state index is 12.1. The first-order chi connectivity index (χ1) is 9.35. The monoisotopic (exact) mass is 278 g/mol. The number of aromatic nitrogens is 1. The van der Waals surface area contributed by atoms with Crippen LogP contribution in [0.25, 0.3) is 0 Å². The Hall–Kier alpha value is -1.88. The van der Waals surface area contributed by atoms with Gasteiger partial charge in [-0.25, -0.2) is 9.78 Å². The zero-order valence-corrected chi connectivity index (χ0v) is 12.5. The summed E-state index contributed by atoms with van der Waals surface area (Å²) in [7, 11) is 1.58. The van der Waals surface area contributed by atoms with Crippen LogP contribution in [0.15, 0.2) is 24.8 Å². The SMILES string of the molecule is C=CCNc1cc(C(=O)OC(C)(C)C)cc(COC)n1. The Morgan fingerprint density at radius 2 is 2.15 bits per heavy atom. The molecule has 20 heavy (non-hydrogen) atoms. The highest BCUT2D eigenvalue weighted by Crippen LogP contribution is 2.16. The van der Waals surface area contributed by atoms with Crippen molar-refractivity contribution in [2.24, 2.45) is 0 Å². The van der Waals surface area contributed by atoms with E-state index < -0.39 is 5.60 Å². The summed E-state index contributed by atoms with van der Waals surface area (Å²) in [5, 5.41) is 3.06. The minimum Gasteiger partial charge on any atom is -0.456 e. The lowest BCUT2D eigenvalue weighted by atomic mass is 10.1. The number of carbonyl (C=O) groups is 1. The second-order valence-corrected chi connectivity index (χ2v) is 5.34. The molecule has 0 saturated heterocycles. The van der Waals surface area contributed by atoms with Gasteiger partial charge < -0.3 is 14.8 Å². The summed E-state index contributed by atoms with van der Waals surface area (Å²) in [5.41, 5.74) is 0.590. The Morgan fingerprint density at radius 3 is 2.70 bits per heavy atom. The largest absolute Gasteiger partial charge is 0.456 e. The van der Waals surface area contributed by atoms with Crippen molar-refractivity contribution in [2.45, 2.75) is 33.0 Å². The average Bonchev–Trinajstić information content (AvgIpc) is 2.34. The minimum absolute atomic E-state index is 0.333. The second-order valence-electron chi connectivity index (χ2n) is 5.34. The van der Waals surface area contributed by atoms with Crippen LogP contribution in [0, 0.1) is 0 Å². The Bertz CT molecular complexity index is 478. The number of methoxy groups -OCH3 is 1. The third kappa shape index (κ3) is 5.40. The maximum Gasteiger partial charge on any atom is 0.338 e. The van der Waals surface area contributed by atoms with Crippen molar-refractivity contribution in [1.82, 2.24) is 4.98 Å². The predicted molar refractivity (Wildman–Crippen MR) is 78.8 cm³/mol. The third-order valence-corrected chi connectivity index (χ3v) is 2.23. The van der Waals surface area contributed by atoms with Crippen molar-refractivity contribution in [2.75, 3.05) is 19.0 Å². The summed E-state index contributed by atoms with van der Waals surface area (Å²) in [6, 6.07) is 3.34. The molecule has 0 aliphatic rings. The van der Waals surface area contributed by atoms with Crippen LogP contribution in [0.4, 0.5) is 5.82 Å². The van der Waals surface area contributed by atoms with E-state index in [9.17, 15) is 4.79 Å². The van der Waals surface area contributed by atoms with Crippen LogP contribution in [-0.2, 0) is 16.1 Å². The fourth-order valence-corrected chi connectivity index (χ4v) is 1.53. The van der Waals surface area contributed by atoms with Crippen LogP contribution < -0.4 is 5.32 Å². The van der Waals surface area contributed by atoms with Gasteiger partial charge in [0.15, 0.2) is 0 Å². The Labute approximate surface area is 120 Å². The average molecular weight is 278 g/mol. The molecule has 110 valence electrons. The fraction of sp³-hybridized carbons (Fsp3) is 0.467. The molecule has 0 aliphatic heterocycles. The quantitative estimate of drug-likeness (QED) is 0.640. The number of anilines is 1. The number of hydrogen-bond donors (Lipinski definition) is 1. The molecule has 0 radical (unpaired) electrons. The predicted octanol–water partition coefficient (Wildman–Crippen LogP) is 2.78. The first-order valence-corrected chi connectivity index (χ1v) is 6.43. The lowest BCUT2D eigenvalue weighted by Crippen LogP contribution is -2.24. The van der Waals surface area contributed by atoms with Crippen LogP contribution in [0.1, 0.15) is 36.8 Å². The minimum atomic E-state index is -0.531. The first-order valence-electron chi connectivity index (χ1n) is 6.43. The Morgan fingerprint density at radius 1 is 1.45 bits per heavy atom. The van der Waals surface area contributed by atoms with Gasteiger partial charge in [0.1, 0.15) is 11.4 Å². The molecule has 1 aromatic rings. The number of carbonyl (C=O) groups excluding carboxylic acids is 1. The number of rotatable bonds is 6. The number of nitrogens with one attached hydrogen (secondary N) is 1. The molecule has 0 saturated carbocycles. The topological polar surface area (TPSA) is 60.5 Å². The standard InChI is InChI=1S/C15H22N2O3/c1-6-7-16-13-9-11(8-12(17-13)10-19-5)14(18)20-15(2,3)4/h6,8-9H,1,7,10H2,2-5H3,(H,16,17). The third-order valence-electron chi connectivity index (χ3n) is 2.23. The molecule has 0 aliphatic carbocycles. The van der Waals surface area contributed by atoms with Crippen molar-refractivity contribution in [3.63, 3.8) is 0 Å². The first kappa shape index (κ1) is 16.2. The summed E-state index contributed by atoms with van der Waals surface area (Å²) in [6.45, 7) is 10.0. The highest BCUT2D eigenvalue weighted by atomic mass is 16.6. The lowest BCUT2D eigenvalue weighted by molar-refractivity contribution is 0.00691. The molecule has 5 nitrogen and oxygen atoms in total. The van der Waals surface area contributed by atoms with Gasteiger partial charge in [-0.3, -0.25) is 0 Å². The molecule has 1 N–H and O–H groups in total. The van der Waals surface area contributed by atoms with Gasteiger partial charge >= 0.3 is 5.97 Å². The molecule has 1 rings (SSSR count). The van der Waals surface area contributed by atoms with E-state index in [1.54, 1.807) is 25.3 Å². The van der Waals surface area contributed by atoms with Crippen LogP contribution in [0.2, 0.25) is 0 Å². The van der Waals surface area contributed by atoms with E-state index in [2.05, 4.69) is 16.9 Å². The van der Waals surface area contributed by atoms with Crippen LogP contribution in [0.5, 0.6) is 0 Å². The van der Waals surface area contributed by atoms with Gasteiger partial charge in [0.2, 0.25) is 0 Å². The molecule has 0 atom stereocenters. The molecule has 5 heteroatoms. The zero-order chi connectivity index (χ0) is 15.2. The molecule has 0 fully saturated rings. The van der Waals surface area contributed by atoms with Gasteiger partial charge in [-0.1, -0.05) is 6.08 Å². The van der Waals surface area contributed by atoms with E-state index in [1.807, 2.05) is 20.8 Å². The molecule has 1 aromatic heterocycles. The molecule has 0 unspecified atom stereocenters. The molecule has 1 heterocycles. The lowest BCUT2D eigenvalue weighted by Gasteiger charge is -2.20. The van der Waals surface area contributed by atoms with Gasteiger partial charge in [0.05, 0.1) is 17.9 Å². The molecular formula is C15H22N2O3. The van der Waals surface area contributed by atoms with Crippen molar-refractivity contribution in [3.8, 4) is 0 Å². The second kappa shape index (κ2) is 7.05. The van der Waals surface area contributed by atoms with Crippen molar-refractivity contribution in [3.05, 3.63) is 36.0 Å². The van der Waals surface area contributed by atoms with E-state index in [1.165, 1.54) is 0 Å². The summed E-state index contributed by atoms with van der Waals surface area (Å²) in [6.07, 6.45) is 1.72. The summed E-state index contributed by atoms with van der Waals surface area (Å²) in [4.78, 5) is 16.5. The molecule has 0 bridgehead atoms. The summed E-state index contributed by atoms with van der Waals surface area (Å²) >= 11 is 0. The molecular weight excluding hydrogens is 256 g/mol. The van der Waals surface area contributed by atoms with Crippen molar-refractivity contribution in [1.29, 1.82) is 0 Å². The van der Waals surface area contributed by atoms with Crippen molar-refractivity contribution >= 4 is 11.8 Å². The number of hydrogen-bond acceptors (Lipinski definition) is 5. The fourth-order valence-electron chi connectivity index (χ4n) is 1.53. The van der Waals surface area contributed by atoms with Crippen LogP contribution in [-0.4, -0.2) is 30.2 Å². The van der Waals surface area contributed by atoms with E-state index in [0.29, 0.717) is 30.2 Å². The van der Waals surface area contributed by atoms with Gasteiger partial charge in [0.25, 0.3) is 0 Å². The van der Waals surface area contributed by atoms with E-state index in [-0.39, 0.29) is 5.97 Å². The highest BCUT2D eigenvalue weighted by Gasteiger charge is 2.19. The van der Waals surface area contributed by atoms with Crippen LogP contribution in [0.3, 0.4) is 0 Å². The van der Waals surface area contributed by atoms with E-state index >= 15 is 0 Å². The Balaban J connectivity index is 3.01. The summed E-state index contributed by atoms with van der Waals surface area (Å²) in [5.74, 6) is 0.221. The van der Waals surface area contributed by atoms with Gasteiger partial charge in [-0.15, -0.1) is 6.58 Å². The Kier molecular flexibility index (Phi) is 5.70. The number of esters is 1. The van der Waals surface area contributed by atoms with Gasteiger partial charge in [-0.2, -0.15) is 0 Å². The highest BCUT2D eigenvalue weighted by molar-refractivity contribution is 5.90. The van der Waals surface area contributed by atoms with Crippen LogP contribution >= 0.6 is 0 Å². The number of ether oxygens (including phenoxy) is 2.